The van der Waals surface area contributed by atoms with Crippen LogP contribution < -0.4 is 0 Å². The summed E-state index contributed by atoms with van der Waals surface area (Å²) in [5, 5.41) is 0. The number of hydrogen-bond donors (Lipinski definition) is 0. The van der Waals surface area contributed by atoms with E-state index in [0.29, 0.717) is 13.2 Å². The number of ether oxygens (including phenoxy) is 3. The minimum Gasteiger partial charge on any atom is -0.445 e. The summed E-state index contributed by atoms with van der Waals surface area (Å²) < 4.78 is 15.8. The van der Waals surface area contributed by atoms with E-state index in [-0.39, 0.29) is 24.8 Å². The Balaban J connectivity index is 1.90. The molecule has 110 valence electrons. The highest BCUT2D eigenvalue weighted by atomic mass is 16.6. The van der Waals surface area contributed by atoms with E-state index >= 15 is 0 Å². The zero-order valence-corrected chi connectivity index (χ0v) is 12.0. The third kappa shape index (κ3) is 3.71. The summed E-state index contributed by atoms with van der Waals surface area (Å²) in [5.74, 6) is 0. The van der Waals surface area contributed by atoms with Crippen molar-refractivity contribution >= 4 is 6.09 Å². The van der Waals surface area contributed by atoms with Crippen LogP contribution in [0.3, 0.4) is 0 Å². The molecule has 0 spiro atoms. The van der Waals surface area contributed by atoms with Crippen molar-refractivity contribution in [3.05, 3.63) is 35.9 Å². The average Bonchev–Trinajstić information content (AvgIpc) is 2.89. The third-order valence-electron chi connectivity index (χ3n) is 3.51. The Morgan fingerprint density at radius 3 is 2.70 bits per heavy atom. The van der Waals surface area contributed by atoms with Crippen molar-refractivity contribution in [2.24, 2.45) is 0 Å². The molecule has 1 aromatic rings. The Bertz CT molecular complexity index is 423. The van der Waals surface area contributed by atoms with E-state index in [4.69, 9.17) is 14.2 Å². The van der Waals surface area contributed by atoms with E-state index in [1.54, 1.807) is 19.1 Å². The van der Waals surface area contributed by atoms with Crippen LogP contribution in [0, 0.1) is 0 Å². The van der Waals surface area contributed by atoms with E-state index in [1.807, 2.05) is 30.3 Å². The van der Waals surface area contributed by atoms with Crippen molar-refractivity contribution in [1.82, 2.24) is 4.90 Å². The van der Waals surface area contributed by atoms with E-state index in [0.717, 1.165) is 12.0 Å². The minimum atomic E-state index is -0.310. The maximum atomic E-state index is 12.2. The normalized spacial score (nSPS) is 22.0. The molecule has 1 aliphatic rings. The van der Waals surface area contributed by atoms with E-state index in [1.165, 1.54) is 0 Å². The second kappa shape index (κ2) is 7.26. The minimum absolute atomic E-state index is 0.0215. The van der Waals surface area contributed by atoms with Gasteiger partial charge in [0.05, 0.1) is 25.3 Å². The van der Waals surface area contributed by atoms with Gasteiger partial charge in [-0.2, -0.15) is 0 Å². The van der Waals surface area contributed by atoms with Crippen molar-refractivity contribution in [3.63, 3.8) is 0 Å². The number of amides is 1. The van der Waals surface area contributed by atoms with Crippen LogP contribution in [0.15, 0.2) is 30.3 Å². The van der Waals surface area contributed by atoms with Crippen LogP contribution in [-0.2, 0) is 20.8 Å². The summed E-state index contributed by atoms with van der Waals surface area (Å²) in [4.78, 5) is 13.9. The molecule has 0 bridgehead atoms. The number of methoxy groups -OCH3 is 2. The third-order valence-corrected chi connectivity index (χ3v) is 3.51. The van der Waals surface area contributed by atoms with Gasteiger partial charge in [0.2, 0.25) is 0 Å². The smallest absolute Gasteiger partial charge is 0.410 e. The van der Waals surface area contributed by atoms with E-state index in [9.17, 15) is 4.79 Å². The number of hydrogen-bond acceptors (Lipinski definition) is 4. The number of likely N-dealkylation sites (tertiary alicyclic amines) is 1. The topological polar surface area (TPSA) is 48.0 Å². The van der Waals surface area contributed by atoms with Crippen molar-refractivity contribution in [3.8, 4) is 0 Å². The van der Waals surface area contributed by atoms with E-state index in [2.05, 4.69) is 0 Å². The molecule has 1 aliphatic heterocycles. The fourth-order valence-electron chi connectivity index (χ4n) is 2.42. The Kier molecular flexibility index (Phi) is 5.38. The van der Waals surface area contributed by atoms with Crippen LogP contribution in [0.4, 0.5) is 4.79 Å². The number of benzene rings is 1. The second-order valence-electron chi connectivity index (χ2n) is 4.90. The fourth-order valence-corrected chi connectivity index (χ4v) is 2.42. The van der Waals surface area contributed by atoms with Crippen molar-refractivity contribution in [2.75, 3.05) is 27.4 Å². The van der Waals surface area contributed by atoms with Gasteiger partial charge in [0.25, 0.3) is 0 Å². The van der Waals surface area contributed by atoms with Gasteiger partial charge in [-0.25, -0.2) is 4.79 Å². The molecule has 1 saturated heterocycles. The summed E-state index contributed by atoms with van der Waals surface area (Å²) in [7, 11) is 3.29. The van der Waals surface area contributed by atoms with E-state index < -0.39 is 0 Å². The highest BCUT2D eigenvalue weighted by Gasteiger charge is 2.36. The standard InChI is InChI=1S/C15H21NO4/c1-18-11-13-8-14(19-2)9-16(13)15(17)20-10-12-6-4-3-5-7-12/h3-7,13-14H,8-11H2,1-2H3/t13-,14-/m0/s1. The summed E-state index contributed by atoms with van der Waals surface area (Å²) in [6, 6.07) is 9.67. The van der Waals surface area contributed by atoms with Crippen LogP contribution in [0.5, 0.6) is 0 Å². The summed E-state index contributed by atoms with van der Waals surface area (Å²) in [5.41, 5.74) is 0.978. The van der Waals surface area contributed by atoms with Gasteiger partial charge in [-0.1, -0.05) is 30.3 Å². The monoisotopic (exact) mass is 279 g/mol. The maximum absolute atomic E-state index is 12.2. The van der Waals surface area contributed by atoms with Crippen molar-refractivity contribution in [1.29, 1.82) is 0 Å². The molecule has 5 nitrogen and oxygen atoms in total. The Labute approximate surface area is 119 Å². The molecular formula is C15H21NO4. The lowest BCUT2D eigenvalue weighted by molar-refractivity contribution is 0.0670. The lowest BCUT2D eigenvalue weighted by Gasteiger charge is -2.23. The molecule has 0 aliphatic carbocycles. The molecule has 1 fully saturated rings. The Morgan fingerprint density at radius 1 is 1.30 bits per heavy atom. The summed E-state index contributed by atoms with van der Waals surface area (Å²) in [6.07, 6.45) is 0.528. The van der Waals surface area contributed by atoms with Crippen LogP contribution in [0.2, 0.25) is 0 Å². The Morgan fingerprint density at radius 2 is 2.05 bits per heavy atom. The maximum Gasteiger partial charge on any atom is 0.410 e. The lowest BCUT2D eigenvalue weighted by atomic mass is 10.2. The van der Waals surface area contributed by atoms with Crippen LogP contribution in [-0.4, -0.2) is 50.5 Å². The molecule has 2 rings (SSSR count). The Hall–Kier alpha value is -1.59. The predicted molar refractivity (Wildman–Crippen MR) is 74.4 cm³/mol. The summed E-state index contributed by atoms with van der Waals surface area (Å²) >= 11 is 0. The first kappa shape index (κ1) is 14.8. The van der Waals surface area contributed by atoms with Gasteiger partial charge in [-0.05, 0) is 12.0 Å². The van der Waals surface area contributed by atoms with Crippen LogP contribution in [0.25, 0.3) is 0 Å². The first-order valence-corrected chi connectivity index (χ1v) is 6.73. The highest BCUT2D eigenvalue weighted by Crippen LogP contribution is 2.21. The fraction of sp³-hybridized carbons (Fsp3) is 0.533. The van der Waals surface area contributed by atoms with Crippen LogP contribution >= 0.6 is 0 Å². The molecule has 1 amide bonds. The molecule has 0 N–H and O–H groups in total. The number of rotatable bonds is 5. The van der Waals surface area contributed by atoms with Gasteiger partial charge >= 0.3 is 6.09 Å². The molecule has 5 heteroatoms. The quantitative estimate of drug-likeness (QED) is 0.827. The lowest BCUT2D eigenvalue weighted by Crippen LogP contribution is -2.38. The average molecular weight is 279 g/mol. The molecule has 0 unspecified atom stereocenters. The first-order valence-electron chi connectivity index (χ1n) is 6.73. The molecule has 0 aromatic heterocycles. The van der Waals surface area contributed by atoms with Gasteiger partial charge < -0.3 is 19.1 Å². The van der Waals surface area contributed by atoms with Gasteiger partial charge in [0.15, 0.2) is 0 Å². The van der Waals surface area contributed by atoms with Crippen molar-refractivity contribution in [2.45, 2.75) is 25.2 Å². The SMILES string of the molecule is COC[C@@H]1C[C@H](OC)CN1C(=O)OCc1ccccc1. The molecule has 1 heterocycles. The molecular weight excluding hydrogens is 258 g/mol. The van der Waals surface area contributed by atoms with Gasteiger partial charge in [-0.15, -0.1) is 0 Å². The number of carbonyl (C=O) groups excluding carboxylic acids is 1. The van der Waals surface area contributed by atoms with Gasteiger partial charge in [-0.3, -0.25) is 0 Å². The first-order chi connectivity index (χ1) is 9.74. The zero-order chi connectivity index (χ0) is 14.4. The largest absolute Gasteiger partial charge is 0.445 e. The molecule has 2 atom stereocenters. The zero-order valence-electron chi connectivity index (χ0n) is 12.0. The van der Waals surface area contributed by atoms with Crippen molar-refractivity contribution < 1.29 is 19.0 Å². The highest BCUT2D eigenvalue weighted by molar-refractivity contribution is 5.68. The molecule has 0 radical (unpaired) electrons. The molecule has 1 aromatic carbocycles. The summed E-state index contributed by atoms with van der Waals surface area (Å²) in [6.45, 7) is 1.34. The second-order valence-corrected chi connectivity index (χ2v) is 4.90. The molecule has 20 heavy (non-hydrogen) atoms. The number of carbonyl (C=O) groups is 1. The molecule has 0 saturated carbocycles. The van der Waals surface area contributed by atoms with Gasteiger partial charge in [0.1, 0.15) is 6.61 Å². The van der Waals surface area contributed by atoms with Gasteiger partial charge in [0, 0.05) is 14.2 Å². The van der Waals surface area contributed by atoms with Crippen LogP contribution in [0.1, 0.15) is 12.0 Å². The number of nitrogens with zero attached hydrogens (tertiary/aromatic N) is 1. The predicted octanol–water partition coefficient (Wildman–Crippen LogP) is 2.06.